The van der Waals surface area contributed by atoms with Crippen molar-refractivity contribution in [2.75, 3.05) is 13.7 Å². The molecule has 3 aliphatic rings. The van der Waals surface area contributed by atoms with Gasteiger partial charge in [-0.2, -0.15) is 4.48 Å². The highest BCUT2D eigenvalue weighted by atomic mass is 16.7. The summed E-state index contributed by atoms with van der Waals surface area (Å²) >= 11 is 0. The number of hydrogen-bond donors (Lipinski definition) is 2. The Labute approximate surface area is 189 Å². The van der Waals surface area contributed by atoms with E-state index in [0.29, 0.717) is 0 Å². The van der Waals surface area contributed by atoms with E-state index in [0.717, 1.165) is 0 Å². The second kappa shape index (κ2) is 8.41. The van der Waals surface area contributed by atoms with Crippen molar-refractivity contribution in [3.05, 3.63) is 47.7 Å². The van der Waals surface area contributed by atoms with Crippen molar-refractivity contribution in [2.45, 2.75) is 38.4 Å². The molecule has 0 radical (unpaired) electrons. The van der Waals surface area contributed by atoms with Gasteiger partial charge in [0.25, 0.3) is 0 Å². The number of carbonyl (C=O) groups excluding carboxylic acids is 4. The molecule has 1 fully saturated rings. The van der Waals surface area contributed by atoms with Crippen LogP contribution in [0, 0.1) is 11.3 Å². The fourth-order valence-electron chi connectivity index (χ4n) is 3.86. The van der Waals surface area contributed by atoms with Crippen LogP contribution >= 0.6 is 0 Å². The third-order valence-electron chi connectivity index (χ3n) is 5.76. The van der Waals surface area contributed by atoms with E-state index in [9.17, 15) is 19.2 Å². The molecule has 2 N–H and O–H groups in total. The number of esters is 3. The molecule has 11 heteroatoms. The predicted octanol–water partition coefficient (Wildman–Crippen LogP) is 1.34. The van der Waals surface area contributed by atoms with Crippen molar-refractivity contribution in [3.8, 4) is 0 Å². The molecule has 11 nitrogen and oxygen atoms in total. The van der Waals surface area contributed by atoms with E-state index in [4.69, 9.17) is 24.4 Å². The lowest BCUT2D eigenvalue weighted by atomic mass is 10.0. The minimum Gasteiger partial charge on any atom is -0.463 e. The zero-order valence-corrected chi connectivity index (χ0v) is 18.3. The number of rotatable bonds is 4. The van der Waals surface area contributed by atoms with Gasteiger partial charge in [0.05, 0.1) is 24.1 Å². The standard InChI is InChI=1S/C22H23N3O8/c1-11(2)19(26)30-10-14-16-17(18(31-14)25(3)9-8-15(23)24-22(25)29)33-21(28)13-7-5-4-6-12(13)20(27)32-16/h4-9,11,14,16-18H,10H2,1-3H3,(H-,23,24,29)/p+1/t14-,16-,17-,18-,25?/m1/s1. The van der Waals surface area contributed by atoms with Crippen LogP contribution in [0.2, 0.25) is 0 Å². The van der Waals surface area contributed by atoms with Gasteiger partial charge in [0.2, 0.25) is 12.3 Å². The number of hydrogen-bond acceptors (Lipinski definition) is 9. The molecule has 2 amide bonds. The van der Waals surface area contributed by atoms with Crippen molar-refractivity contribution >= 4 is 29.8 Å². The number of urea groups is 1. The van der Waals surface area contributed by atoms with E-state index in [1.807, 2.05) is 0 Å². The fourth-order valence-corrected chi connectivity index (χ4v) is 3.86. The van der Waals surface area contributed by atoms with Gasteiger partial charge in [-0.3, -0.25) is 15.5 Å². The van der Waals surface area contributed by atoms with Crippen molar-refractivity contribution in [3.63, 3.8) is 0 Å². The molecule has 0 aromatic heterocycles. The van der Waals surface area contributed by atoms with Crippen molar-refractivity contribution in [2.24, 2.45) is 5.92 Å². The maximum atomic E-state index is 12.9. The summed E-state index contributed by atoms with van der Waals surface area (Å²) in [5.41, 5.74) is 0.0595. The highest BCUT2D eigenvalue weighted by Gasteiger charge is 2.61. The summed E-state index contributed by atoms with van der Waals surface area (Å²) in [6, 6.07) is 5.46. The van der Waals surface area contributed by atoms with Crippen LogP contribution in [0.3, 0.4) is 0 Å². The topological polar surface area (TPSA) is 141 Å². The van der Waals surface area contributed by atoms with Gasteiger partial charge < -0.3 is 18.9 Å². The summed E-state index contributed by atoms with van der Waals surface area (Å²) in [7, 11) is 1.50. The van der Waals surface area contributed by atoms with Crippen LogP contribution in [-0.2, 0) is 23.7 Å². The average Bonchev–Trinajstić information content (AvgIpc) is 3.11. The van der Waals surface area contributed by atoms with Gasteiger partial charge in [-0.15, -0.1) is 0 Å². The van der Waals surface area contributed by atoms with Crippen molar-refractivity contribution in [1.29, 1.82) is 5.41 Å². The SMILES string of the molecule is CC(C)C(=O)OC[C@H]1O[C@@H]([N+]2(C)C=CC(=N)NC2=O)[C@@H]2OC(=O)c3ccccc3C(=O)O[C@@H]21. The molecule has 0 aliphatic carbocycles. The maximum Gasteiger partial charge on any atom is 0.428 e. The predicted molar refractivity (Wildman–Crippen MR) is 111 cm³/mol. The van der Waals surface area contributed by atoms with E-state index in [1.165, 1.54) is 31.5 Å². The maximum absolute atomic E-state index is 12.9. The molecule has 0 saturated carbocycles. The first-order valence-electron chi connectivity index (χ1n) is 10.4. The molecule has 3 heterocycles. The van der Waals surface area contributed by atoms with Crippen molar-refractivity contribution < 1.29 is 42.6 Å². The van der Waals surface area contributed by atoms with Gasteiger partial charge in [-0.05, 0) is 12.1 Å². The summed E-state index contributed by atoms with van der Waals surface area (Å²) in [6.45, 7) is 3.06. The van der Waals surface area contributed by atoms with E-state index in [-0.39, 0.29) is 23.6 Å². The van der Waals surface area contributed by atoms with Crippen LogP contribution in [0.1, 0.15) is 34.6 Å². The monoisotopic (exact) mass is 458 g/mol. The second-order valence-corrected chi connectivity index (χ2v) is 8.44. The summed E-state index contributed by atoms with van der Waals surface area (Å²) in [5, 5.41) is 10.1. The van der Waals surface area contributed by atoms with Crippen LogP contribution in [-0.4, -0.2) is 72.5 Å². The second-order valence-electron chi connectivity index (χ2n) is 8.44. The number of benzene rings is 1. The lowest BCUT2D eigenvalue weighted by Gasteiger charge is -2.36. The van der Waals surface area contributed by atoms with Gasteiger partial charge in [0, 0.05) is 6.08 Å². The summed E-state index contributed by atoms with van der Waals surface area (Å²) in [6.07, 6.45) is -1.67. The molecule has 174 valence electrons. The Morgan fingerprint density at radius 3 is 2.30 bits per heavy atom. The quantitative estimate of drug-likeness (QED) is 0.391. The Morgan fingerprint density at radius 2 is 1.73 bits per heavy atom. The Morgan fingerprint density at radius 1 is 1.12 bits per heavy atom. The molecule has 5 atom stereocenters. The van der Waals surface area contributed by atoms with Crippen LogP contribution in [0.25, 0.3) is 0 Å². The number of fused-ring (bicyclic) bond motifs is 2. The van der Waals surface area contributed by atoms with Crippen LogP contribution in [0.4, 0.5) is 4.79 Å². The molecule has 3 aliphatic heterocycles. The van der Waals surface area contributed by atoms with E-state index < -0.39 is 58.9 Å². The lowest BCUT2D eigenvalue weighted by molar-refractivity contribution is -0.836. The minimum atomic E-state index is -1.19. The smallest absolute Gasteiger partial charge is 0.428 e. The highest BCUT2D eigenvalue weighted by Crippen LogP contribution is 2.36. The molecule has 0 spiro atoms. The molecule has 33 heavy (non-hydrogen) atoms. The first kappa shape index (κ1) is 22.6. The zero-order valence-electron chi connectivity index (χ0n) is 18.3. The molecule has 4 rings (SSSR count). The molecular formula is C22H24N3O8+. The summed E-state index contributed by atoms with van der Waals surface area (Å²) < 4.78 is 22.2. The third kappa shape index (κ3) is 4.00. The van der Waals surface area contributed by atoms with E-state index in [2.05, 4.69) is 5.32 Å². The normalized spacial score (nSPS) is 31.0. The zero-order chi connectivity index (χ0) is 23.9. The van der Waals surface area contributed by atoms with Gasteiger partial charge in [-0.25, -0.2) is 14.4 Å². The molecule has 1 unspecified atom stereocenters. The number of nitrogens with one attached hydrogen (secondary N) is 2. The third-order valence-corrected chi connectivity index (χ3v) is 5.76. The van der Waals surface area contributed by atoms with Gasteiger partial charge in [0.15, 0.2) is 6.10 Å². The number of likely N-dealkylation sites (N-methyl/N-ethyl adjacent to an activating group) is 1. The molecular weight excluding hydrogens is 434 g/mol. The number of ether oxygens (including phenoxy) is 4. The molecule has 0 bridgehead atoms. The number of nitrogens with zero attached hydrogens (tertiary/aromatic N) is 1. The van der Waals surface area contributed by atoms with Gasteiger partial charge in [-0.1, -0.05) is 26.0 Å². The number of carbonyl (C=O) groups is 4. The summed E-state index contributed by atoms with van der Waals surface area (Å²) in [4.78, 5) is 50.7. The number of quaternary nitrogens is 1. The van der Waals surface area contributed by atoms with Crippen molar-refractivity contribution in [1.82, 2.24) is 5.32 Å². The number of amidine groups is 1. The van der Waals surface area contributed by atoms with Crippen LogP contribution in [0.5, 0.6) is 0 Å². The Balaban J connectivity index is 1.72. The van der Waals surface area contributed by atoms with Crippen LogP contribution in [0.15, 0.2) is 36.5 Å². The largest absolute Gasteiger partial charge is 0.463 e. The van der Waals surface area contributed by atoms with Crippen LogP contribution < -0.4 is 5.32 Å². The Hall–Kier alpha value is -3.57. The molecule has 1 saturated heterocycles. The van der Waals surface area contributed by atoms with E-state index in [1.54, 1.807) is 26.0 Å². The van der Waals surface area contributed by atoms with Gasteiger partial charge in [0.1, 0.15) is 24.7 Å². The highest BCUT2D eigenvalue weighted by molar-refractivity contribution is 6.04. The van der Waals surface area contributed by atoms with E-state index >= 15 is 0 Å². The summed E-state index contributed by atoms with van der Waals surface area (Å²) in [5.74, 6) is -2.52. The molecule has 1 aromatic carbocycles. The minimum absolute atomic E-state index is 0.0254. The van der Waals surface area contributed by atoms with Gasteiger partial charge >= 0.3 is 23.9 Å². The number of amides is 2. The Kier molecular flexibility index (Phi) is 5.76. The first-order chi connectivity index (χ1) is 15.6. The fraction of sp³-hybridized carbons (Fsp3) is 0.409. The Bertz CT molecular complexity index is 1070. The average molecular weight is 458 g/mol. The lowest BCUT2D eigenvalue weighted by Crippen LogP contribution is -2.63. The first-order valence-corrected chi connectivity index (χ1v) is 10.4. The molecule has 1 aromatic rings.